The van der Waals surface area contributed by atoms with E-state index in [0.717, 1.165) is 12.3 Å². The van der Waals surface area contributed by atoms with Crippen molar-refractivity contribution in [1.29, 1.82) is 0 Å². The number of hydrogen-bond donors (Lipinski definition) is 1. The van der Waals surface area contributed by atoms with Gasteiger partial charge in [0.15, 0.2) is 0 Å². The largest absolute Gasteiger partial charge is 0.481 e. The van der Waals surface area contributed by atoms with Gasteiger partial charge in [0, 0.05) is 6.42 Å². The van der Waals surface area contributed by atoms with Crippen molar-refractivity contribution in [2.75, 3.05) is 11.5 Å². The Labute approximate surface area is 84.1 Å². The third-order valence-corrected chi connectivity index (χ3v) is 3.93. The van der Waals surface area contributed by atoms with E-state index in [1.807, 2.05) is 11.8 Å². The fourth-order valence-electron chi connectivity index (χ4n) is 1.87. The zero-order valence-electron chi connectivity index (χ0n) is 8.16. The molecule has 0 aromatic heterocycles. The molecule has 1 rings (SSSR count). The quantitative estimate of drug-likeness (QED) is 0.761. The maximum Gasteiger partial charge on any atom is 0.303 e. The van der Waals surface area contributed by atoms with Gasteiger partial charge in [0.1, 0.15) is 0 Å². The number of carbonyl (C=O) groups is 1. The third kappa shape index (κ3) is 4.03. The topological polar surface area (TPSA) is 37.3 Å². The van der Waals surface area contributed by atoms with Crippen LogP contribution >= 0.6 is 11.8 Å². The van der Waals surface area contributed by atoms with Crippen LogP contribution in [0, 0.1) is 11.8 Å². The standard InChI is InChI=1S/C10H18O2S/c1-8(2-3-10(11)12)9-4-6-13-7-5-9/h8-9H,2-7H2,1H3,(H,11,12). The van der Waals surface area contributed by atoms with E-state index in [1.165, 1.54) is 24.3 Å². The first kappa shape index (κ1) is 10.9. The first-order chi connectivity index (χ1) is 6.20. The Morgan fingerprint density at radius 1 is 1.54 bits per heavy atom. The first-order valence-electron chi connectivity index (χ1n) is 4.99. The van der Waals surface area contributed by atoms with Crippen molar-refractivity contribution in [2.45, 2.75) is 32.6 Å². The summed E-state index contributed by atoms with van der Waals surface area (Å²) in [7, 11) is 0. The monoisotopic (exact) mass is 202 g/mol. The SMILES string of the molecule is CC(CCC(=O)O)C1CCSCC1. The Morgan fingerprint density at radius 2 is 2.15 bits per heavy atom. The number of carboxylic acid groups (broad SMARTS) is 1. The lowest BCUT2D eigenvalue weighted by molar-refractivity contribution is -0.137. The average molecular weight is 202 g/mol. The van der Waals surface area contributed by atoms with Crippen molar-refractivity contribution < 1.29 is 9.90 Å². The van der Waals surface area contributed by atoms with Gasteiger partial charge in [-0.25, -0.2) is 0 Å². The second-order valence-electron chi connectivity index (χ2n) is 3.86. The highest BCUT2D eigenvalue weighted by Crippen LogP contribution is 2.30. The molecule has 1 atom stereocenters. The van der Waals surface area contributed by atoms with Gasteiger partial charge in [0.05, 0.1) is 0 Å². The minimum atomic E-state index is -0.656. The van der Waals surface area contributed by atoms with Crippen LogP contribution in [0.2, 0.25) is 0 Å². The number of aliphatic carboxylic acids is 1. The molecule has 0 aliphatic carbocycles. The van der Waals surface area contributed by atoms with Gasteiger partial charge in [-0.1, -0.05) is 6.92 Å². The lowest BCUT2D eigenvalue weighted by Gasteiger charge is -2.26. The first-order valence-corrected chi connectivity index (χ1v) is 6.15. The molecule has 0 amide bonds. The lowest BCUT2D eigenvalue weighted by atomic mass is 9.86. The van der Waals surface area contributed by atoms with Gasteiger partial charge in [-0.05, 0) is 42.6 Å². The van der Waals surface area contributed by atoms with E-state index in [2.05, 4.69) is 6.92 Å². The molecular formula is C10H18O2S. The van der Waals surface area contributed by atoms with E-state index in [0.29, 0.717) is 12.3 Å². The molecule has 2 nitrogen and oxygen atoms in total. The molecule has 1 unspecified atom stereocenters. The summed E-state index contributed by atoms with van der Waals surface area (Å²) in [6.07, 6.45) is 3.76. The van der Waals surface area contributed by atoms with Crippen LogP contribution in [0.15, 0.2) is 0 Å². The molecule has 1 aliphatic heterocycles. The predicted octanol–water partition coefficient (Wildman–Crippen LogP) is 2.63. The van der Waals surface area contributed by atoms with Gasteiger partial charge < -0.3 is 5.11 Å². The van der Waals surface area contributed by atoms with Crippen molar-refractivity contribution in [3.05, 3.63) is 0 Å². The molecule has 3 heteroatoms. The smallest absolute Gasteiger partial charge is 0.303 e. The van der Waals surface area contributed by atoms with Crippen LogP contribution in [0.1, 0.15) is 32.6 Å². The Morgan fingerprint density at radius 3 is 2.69 bits per heavy atom. The minimum Gasteiger partial charge on any atom is -0.481 e. The summed E-state index contributed by atoms with van der Waals surface area (Å²) < 4.78 is 0. The highest BCUT2D eigenvalue weighted by Gasteiger charge is 2.20. The maximum absolute atomic E-state index is 10.4. The molecule has 1 N–H and O–H groups in total. The summed E-state index contributed by atoms with van der Waals surface area (Å²) in [5, 5.41) is 8.56. The van der Waals surface area contributed by atoms with Crippen molar-refractivity contribution in [2.24, 2.45) is 11.8 Å². The molecule has 0 bridgehead atoms. The van der Waals surface area contributed by atoms with Crippen LogP contribution in [0.3, 0.4) is 0 Å². The molecule has 13 heavy (non-hydrogen) atoms. The molecule has 1 fully saturated rings. The predicted molar refractivity (Wildman–Crippen MR) is 56.1 cm³/mol. The fraction of sp³-hybridized carbons (Fsp3) is 0.900. The Bertz CT molecular complexity index is 164. The van der Waals surface area contributed by atoms with E-state index in [4.69, 9.17) is 5.11 Å². The summed E-state index contributed by atoms with van der Waals surface area (Å²) in [5.74, 6) is 3.25. The van der Waals surface area contributed by atoms with Gasteiger partial charge >= 0.3 is 5.97 Å². The van der Waals surface area contributed by atoms with Gasteiger partial charge in [-0.2, -0.15) is 11.8 Å². The summed E-state index contributed by atoms with van der Waals surface area (Å²) in [6.45, 7) is 2.20. The van der Waals surface area contributed by atoms with Crippen molar-refractivity contribution in [1.82, 2.24) is 0 Å². The van der Waals surface area contributed by atoms with Crippen LogP contribution in [0.25, 0.3) is 0 Å². The van der Waals surface area contributed by atoms with Crippen molar-refractivity contribution >= 4 is 17.7 Å². The molecule has 1 heterocycles. The number of hydrogen-bond acceptors (Lipinski definition) is 2. The molecule has 0 aromatic rings. The minimum absolute atomic E-state index is 0.338. The van der Waals surface area contributed by atoms with E-state index >= 15 is 0 Å². The highest BCUT2D eigenvalue weighted by molar-refractivity contribution is 7.99. The lowest BCUT2D eigenvalue weighted by Crippen LogP contribution is -2.18. The second kappa shape index (κ2) is 5.53. The molecule has 1 saturated heterocycles. The number of thioether (sulfide) groups is 1. The molecule has 0 aromatic carbocycles. The summed E-state index contributed by atoms with van der Waals surface area (Å²) >= 11 is 2.02. The second-order valence-corrected chi connectivity index (χ2v) is 5.08. The van der Waals surface area contributed by atoms with Gasteiger partial charge in [-0.15, -0.1) is 0 Å². The Balaban J connectivity index is 2.20. The summed E-state index contributed by atoms with van der Waals surface area (Å²) in [5.41, 5.74) is 0. The zero-order chi connectivity index (χ0) is 9.68. The molecule has 1 aliphatic rings. The van der Waals surface area contributed by atoms with E-state index in [1.54, 1.807) is 0 Å². The zero-order valence-corrected chi connectivity index (χ0v) is 8.98. The number of carboxylic acids is 1. The molecule has 0 spiro atoms. The average Bonchev–Trinajstić information content (AvgIpc) is 2.15. The van der Waals surface area contributed by atoms with Crippen LogP contribution in [-0.2, 0) is 4.79 Å². The van der Waals surface area contributed by atoms with E-state index < -0.39 is 5.97 Å². The summed E-state index contributed by atoms with van der Waals surface area (Å²) in [6, 6.07) is 0. The molecule has 76 valence electrons. The van der Waals surface area contributed by atoms with Gasteiger partial charge in [0.25, 0.3) is 0 Å². The van der Waals surface area contributed by atoms with Crippen LogP contribution in [-0.4, -0.2) is 22.6 Å². The third-order valence-electron chi connectivity index (χ3n) is 2.88. The van der Waals surface area contributed by atoms with Crippen LogP contribution in [0.5, 0.6) is 0 Å². The van der Waals surface area contributed by atoms with Gasteiger partial charge in [0.2, 0.25) is 0 Å². The molecule has 0 radical (unpaired) electrons. The van der Waals surface area contributed by atoms with Gasteiger partial charge in [-0.3, -0.25) is 4.79 Å². The van der Waals surface area contributed by atoms with Crippen molar-refractivity contribution in [3.63, 3.8) is 0 Å². The maximum atomic E-state index is 10.4. The normalized spacial score (nSPS) is 21.3. The van der Waals surface area contributed by atoms with Crippen LogP contribution in [0.4, 0.5) is 0 Å². The molecule has 0 saturated carbocycles. The van der Waals surface area contributed by atoms with Crippen LogP contribution < -0.4 is 0 Å². The number of rotatable bonds is 4. The highest BCUT2D eigenvalue weighted by atomic mass is 32.2. The molecular weight excluding hydrogens is 184 g/mol. The Kier molecular flexibility index (Phi) is 4.64. The van der Waals surface area contributed by atoms with E-state index in [-0.39, 0.29) is 0 Å². The van der Waals surface area contributed by atoms with Crippen molar-refractivity contribution in [3.8, 4) is 0 Å². The fourth-order valence-corrected chi connectivity index (χ4v) is 3.01. The van der Waals surface area contributed by atoms with E-state index in [9.17, 15) is 4.79 Å². The summed E-state index contributed by atoms with van der Waals surface area (Å²) in [4.78, 5) is 10.4. The Hall–Kier alpha value is -0.180.